The van der Waals surface area contributed by atoms with Crippen molar-refractivity contribution in [2.45, 2.75) is 12.8 Å². The van der Waals surface area contributed by atoms with Crippen LogP contribution in [0.25, 0.3) is 0 Å². The van der Waals surface area contributed by atoms with Crippen molar-refractivity contribution in [1.82, 2.24) is 0 Å². The Morgan fingerprint density at radius 3 is 2.83 bits per heavy atom. The predicted molar refractivity (Wildman–Crippen MR) is 82.1 cm³/mol. The zero-order valence-corrected chi connectivity index (χ0v) is 13.7. The van der Waals surface area contributed by atoms with Crippen LogP contribution < -0.4 is 10.5 Å². The van der Waals surface area contributed by atoms with Crippen molar-refractivity contribution in [3.8, 4) is 11.8 Å². The molecular formula is C15H13BrN2O5. The number of nitrogens with zero attached hydrogens (tertiary/aromatic N) is 1. The van der Waals surface area contributed by atoms with E-state index in [0.29, 0.717) is 15.8 Å². The van der Waals surface area contributed by atoms with Crippen LogP contribution in [0.5, 0.6) is 5.75 Å². The van der Waals surface area contributed by atoms with Gasteiger partial charge in [0.1, 0.15) is 11.3 Å². The number of hydrogen-bond acceptors (Lipinski definition) is 6. The largest absolute Gasteiger partial charge is 0.480 e. The van der Waals surface area contributed by atoms with Crippen molar-refractivity contribution in [1.29, 1.82) is 5.26 Å². The van der Waals surface area contributed by atoms with Gasteiger partial charge in [-0.25, -0.2) is 4.79 Å². The van der Waals surface area contributed by atoms with Gasteiger partial charge in [-0.05, 0) is 25.1 Å². The van der Waals surface area contributed by atoms with Gasteiger partial charge in [0, 0.05) is 10.0 Å². The van der Waals surface area contributed by atoms with Crippen LogP contribution in [0.3, 0.4) is 0 Å². The number of carbonyl (C=O) groups excluding carboxylic acids is 1. The third-order valence-electron chi connectivity index (χ3n) is 3.34. The van der Waals surface area contributed by atoms with Crippen LogP contribution >= 0.6 is 15.9 Å². The Balaban J connectivity index is 2.66. The van der Waals surface area contributed by atoms with Gasteiger partial charge in [0.05, 0.1) is 18.6 Å². The van der Waals surface area contributed by atoms with Gasteiger partial charge in [-0.3, -0.25) is 4.79 Å². The Morgan fingerprint density at radius 2 is 2.26 bits per heavy atom. The van der Waals surface area contributed by atoms with E-state index in [1.54, 1.807) is 31.2 Å². The molecule has 3 N–H and O–H groups in total. The topological polar surface area (TPSA) is 123 Å². The Morgan fingerprint density at radius 1 is 1.57 bits per heavy atom. The Labute approximate surface area is 140 Å². The molecule has 0 amide bonds. The first kappa shape index (κ1) is 16.8. The summed E-state index contributed by atoms with van der Waals surface area (Å²) >= 11 is 3.28. The smallest absolute Gasteiger partial charge is 0.340 e. The number of ether oxygens (including phenoxy) is 2. The van der Waals surface area contributed by atoms with Crippen molar-refractivity contribution in [2.24, 2.45) is 11.7 Å². The summed E-state index contributed by atoms with van der Waals surface area (Å²) in [6, 6.07) is 6.57. The monoisotopic (exact) mass is 380 g/mol. The summed E-state index contributed by atoms with van der Waals surface area (Å²) < 4.78 is 11.0. The average Bonchev–Trinajstić information content (AvgIpc) is 2.48. The van der Waals surface area contributed by atoms with E-state index in [0.717, 1.165) is 0 Å². The molecule has 7 nitrogen and oxygen atoms in total. The summed E-state index contributed by atoms with van der Waals surface area (Å²) in [7, 11) is 0. The van der Waals surface area contributed by atoms with Crippen LogP contribution in [-0.4, -0.2) is 23.7 Å². The van der Waals surface area contributed by atoms with Crippen molar-refractivity contribution in [2.75, 3.05) is 6.61 Å². The molecule has 1 aliphatic rings. The Bertz CT molecular complexity index is 738. The highest BCUT2D eigenvalue weighted by Crippen LogP contribution is 2.44. The second kappa shape index (κ2) is 6.71. The number of nitriles is 1. The zero-order chi connectivity index (χ0) is 17.1. The van der Waals surface area contributed by atoms with Gasteiger partial charge in [0.2, 0.25) is 5.88 Å². The van der Waals surface area contributed by atoms with Crippen LogP contribution in [-0.2, 0) is 14.3 Å². The molecule has 23 heavy (non-hydrogen) atoms. The quantitative estimate of drug-likeness (QED) is 0.764. The number of aliphatic carboxylic acids is 1. The van der Waals surface area contributed by atoms with E-state index < -0.39 is 23.8 Å². The zero-order valence-electron chi connectivity index (χ0n) is 12.1. The molecule has 0 aromatic heterocycles. The second-order valence-corrected chi connectivity index (χ2v) is 5.62. The van der Waals surface area contributed by atoms with Crippen molar-refractivity contribution >= 4 is 27.9 Å². The molecular weight excluding hydrogens is 368 g/mol. The first-order valence-corrected chi connectivity index (χ1v) is 7.46. The molecule has 2 atom stereocenters. The van der Waals surface area contributed by atoms with E-state index in [1.165, 1.54) is 0 Å². The van der Waals surface area contributed by atoms with E-state index in [1.807, 2.05) is 0 Å². The molecule has 0 fully saturated rings. The fourth-order valence-electron chi connectivity index (χ4n) is 2.39. The van der Waals surface area contributed by atoms with Crippen molar-refractivity contribution in [3.63, 3.8) is 0 Å². The van der Waals surface area contributed by atoms with Crippen LogP contribution in [0, 0.1) is 17.2 Å². The summed E-state index contributed by atoms with van der Waals surface area (Å²) in [5, 5.41) is 18.6. The van der Waals surface area contributed by atoms with E-state index in [9.17, 15) is 20.0 Å². The second-order valence-electron chi connectivity index (χ2n) is 4.71. The lowest BCUT2D eigenvalue weighted by molar-refractivity contribution is -0.141. The Hall–Kier alpha value is -2.53. The summed E-state index contributed by atoms with van der Waals surface area (Å²) in [6.07, 6.45) is 0. The number of fused-ring (bicyclic) bond motifs is 1. The van der Waals surface area contributed by atoms with Gasteiger partial charge in [0.15, 0.2) is 5.92 Å². The predicted octanol–water partition coefficient (Wildman–Crippen LogP) is 1.88. The number of esters is 1. The van der Waals surface area contributed by atoms with E-state index >= 15 is 0 Å². The molecule has 1 heterocycles. The molecule has 1 aromatic carbocycles. The normalized spacial score (nSPS) is 17.5. The van der Waals surface area contributed by atoms with Gasteiger partial charge in [-0.1, -0.05) is 15.9 Å². The highest BCUT2D eigenvalue weighted by molar-refractivity contribution is 9.10. The Kier molecular flexibility index (Phi) is 4.91. The first-order chi connectivity index (χ1) is 10.9. The van der Waals surface area contributed by atoms with E-state index in [-0.39, 0.29) is 18.1 Å². The molecule has 120 valence electrons. The van der Waals surface area contributed by atoms with Gasteiger partial charge in [-0.15, -0.1) is 0 Å². The number of benzene rings is 1. The van der Waals surface area contributed by atoms with Crippen molar-refractivity contribution < 1.29 is 24.2 Å². The maximum absolute atomic E-state index is 12.2. The molecule has 1 aromatic rings. The lowest BCUT2D eigenvalue weighted by Crippen LogP contribution is -2.33. The van der Waals surface area contributed by atoms with Crippen molar-refractivity contribution in [3.05, 3.63) is 39.7 Å². The summed E-state index contributed by atoms with van der Waals surface area (Å²) in [5.74, 6) is -4.72. The molecule has 0 radical (unpaired) electrons. The number of hydrogen-bond donors (Lipinski definition) is 2. The molecule has 1 aliphatic heterocycles. The minimum atomic E-state index is -1.51. The minimum Gasteiger partial charge on any atom is -0.480 e. The number of halogens is 1. The SMILES string of the molecule is CCOC(=O)C1=C(N)Oc2ccc(Br)cc2C1C(C#N)C(=O)O. The fraction of sp³-hybridized carbons (Fsp3) is 0.267. The van der Waals surface area contributed by atoms with E-state index in [2.05, 4.69) is 15.9 Å². The number of carboxylic acids is 1. The number of carbonyl (C=O) groups is 2. The number of nitrogens with two attached hydrogens (primary N) is 1. The molecule has 0 saturated heterocycles. The van der Waals surface area contributed by atoms with E-state index in [4.69, 9.17) is 15.2 Å². The molecule has 0 saturated carbocycles. The van der Waals surface area contributed by atoms with Crippen LogP contribution in [0.1, 0.15) is 18.4 Å². The summed E-state index contributed by atoms with van der Waals surface area (Å²) in [4.78, 5) is 23.7. The highest BCUT2D eigenvalue weighted by atomic mass is 79.9. The average molecular weight is 381 g/mol. The molecule has 0 aliphatic carbocycles. The van der Waals surface area contributed by atoms with Crippen LogP contribution in [0.15, 0.2) is 34.1 Å². The maximum atomic E-state index is 12.2. The fourth-order valence-corrected chi connectivity index (χ4v) is 2.77. The lowest BCUT2D eigenvalue weighted by atomic mass is 9.79. The van der Waals surface area contributed by atoms with Gasteiger partial charge >= 0.3 is 11.9 Å². The standard InChI is InChI=1S/C15H13BrN2O5/c1-2-22-15(21)12-11(9(6-17)14(19)20)8-5-7(16)3-4-10(8)23-13(12)18/h3-5,9,11H,2,18H2,1H3,(H,19,20). The third kappa shape index (κ3) is 3.14. The van der Waals surface area contributed by atoms with Crippen LogP contribution in [0.2, 0.25) is 0 Å². The van der Waals surface area contributed by atoms with Crippen LogP contribution in [0.4, 0.5) is 0 Å². The lowest BCUT2D eigenvalue weighted by Gasteiger charge is -2.29. The van der Waals surface area contributed by atoms with Gasteiger partial charge in [-0.2, -0.15) is 5.26 Å². The van der Waals surface area contributed by atoms with Gasteiger partial charge in [0.25, 0.3) is 0 Å². The molecule has 0 spiro atoms. The summed E-state index contributed by atoms with van der Waals surface area (Å²) in [5.41, 5.74) is 6.01. The maximum Gasteiger partial charge on any atom is 0.340 e. The van der Waals surface area contributed by atoms with Gasteiger partial charge < -0.3 is 20.3 Å². The molecule has 0 bridgehead atoms. The summed E-state index contributed by atoms with van der Waals surface area (Å²) in [6.45, 7) is 1.69. The first-order valence-electron chi connectivity index (χ1n) is 6.67. The minimum absolute atomic E-state index is 0.0813. The third-order valence-corrected chi connectivity index (χ3v) is 3.83. The molecule has 8 heteroatoms. The molecule has 2 unspecified atom stereocenters. The number of carboxylic acid groups (broad SMARTS) is 1. The number of rotatable bonds is 4. The highest BCUT2D eigenvalue weighted by Gasteiger charge is 2.42. The molecule has 2 rings (SSSR count).